The number of aliphatic hydroxyl groups excluding tert-OH is 4. The lowest BCUT2D eigenvalue weighted by Crippen LogP contribution is -2.59. The van der Waals surface area contributed by atoms with Gasteiger partial charge in [0.15, 0.2) is 6.29 Å². The highest BCUT2D eigenvalue weighted by atomic mass is 16.7. The molecular formula is C21H30O9. The Labute approximate surface area is 174 Å². The van der Waals surface area contributed by atoms with Crippen molar-refractivity contribution in [1.82, 2.24) is 0 Å². The number of rotatable bonds is 5. The summed E-state index contributed by atoms with van der Waals surface area (Å²) >= 11 is 0. The minimum Gasteiger partial charge on any atom is -0.458 e. The van der Waals surface area contributed by atoms with Crippen LogP contribution in [0.2, 0.25) is 0 Å². The van der Waals surface area contributed by atoms with Crippen LogP contribution in [0.4, 0.5) is 0 Å². The first-order valence-electron chi connectivity index (χ1n) is 10.3. The smallest absolute Gasteiger partial charge is 0.309 e. The molecule has 0 aromatic heterocycles. The highest BCUT2D eigenvalue weighted by molar-refractivity contribution is 5.75. The summed E-state index contributed by atoms with van der Waals surface area (Å²) in [5.74, 6) is -0.598. The number of allylic oxidation sites excluding steroid dienone is 2. The second kappa shape index (κ2) is 10.1. The molecule has 3 aliphatic rings. The number of carbonyl (C=O) groups excluding carboxylic acids is 2. The zero-order chi connectivity index (χ0) is 21.8. The van der Waals surface area contributed by atoms with Crippen molar-refractivity contribution in [1.29, 1.82) is 0 Å². The number of ether oxygens (including phenoxy) is 3. The van der Waals surface area contributed by atoms with E-state index in [9.17, 15) is 30.0 Å². The predicted molar refractivity (Wildman–Crippen MR) is 103 cm³/mol. The number of fused-ring (bicyclic) bond motifs is 1. The molecule has 9 nitrogen and oxygen atoms in total. The van der Waals surface area contributed by atoms with Crippen LogP contribution in [0.1, 0.15) is 32.6 Å². The average molecular weight is 426 g/mol. The van der Waals surface area contributed by atoms with Crippen LogP contribution in [-0.2, 0) is 23.8 Å². The number of hydrogen-bond donors (Lipinski definition) is 4. The van der Waals surface area contributed by atoms with Gasteiger partial charge in [-0.15, -0.1) is 0 Å². The molecule has 3 rings (SSSR count). The Bertz CT molecular complexity index is 686. The summed E-state index contributed by atoms with van der Waals surface area (Å²) in [4.78, 5) is 23.4. The second-order valence-electron chi connectivity index (χ2n) is 8.16. The summed E-state index contributed by atoms with van der Waals surface area (Å²) in [6, 6.07) is 0. The molecule has 0 spiro atoms. The molecule has 0 aromatic rings. The Balaban J connectivity index is 1.73. The van der Waals surface area contributed by atoms with Gasteiger partial charge in [0.2, 0.25) is 0 Å². The third kappa shape index (κ3) is 4.99. The van der Waals surface area contributed by atoms with Gasteiger partial charge in [0.1, 0.15) is 36.8 Å². The van der Waals surface area contributed by atoms with E-state index >= 15 is 0 Å². The Morgan fingerprint density at radius 2 is 1.97 bits per heavy atom. The third-order valence-corrected chi connectivity index (χ3v) is 6.16. The van der Waals surface area contributed by atoms with Crippen LogP contribution in [0.3, 0.4) is 0 Å². The van der Waals surface area contributed by atoms with Crippen molar-refractivity contribution >= 4 is 12.3 Å². The van der Waals surface area contributed by atoms with Gasteiger partial charge in [-0.1, -0.05) is 13.0 Å². The Hall–Kier alpha value is -1.62. The lowest BCUT2D eigenvalue weighted by molar-refractivity contribution is -0.299. The molecule has 2 heterocycles. The first-order valence-corrected chi connectivity index (χ1v) is 10.3. The van der Waals surface area contributed by atoms with E-state index in [2.05, 4.69) is 0 Å². The Morgan fingerprint density at radius 3 is 2.67 bits per heavy atom. The molecule has 0 aromatic carbocycles. The minimum absolute atomic E-state index is 0.0299. The molecule has 0 bridgehead atoms. The highest BCUT2D eigenvalue weighted by Crippen LogP contribution is 2.35. The molecular weight excluding hydrogens is 396 g/mol. The van der Waals surface area contributed by atoms with Crippen LogP contribution in [0.15, 0.2) is 23.3 Å². The maximum Gasteiger partial charge on any atom is 0.309 e. The minimum atomic E-state index is -1.52. The monoisotopic (exact) mass is 426 g/mol. The van der Waals surface area contributed by atoms with Crippen molar-refractivity contribution in [3.63, 3.8) is 0 Å². The molecule has 2 aliphatic heterocycles. The number of hydrogen-bond acceptors (Lipinski definition) is 9. The molecule has 2 saturated heterocycles. The van der Waals surface area contributed by atoms with E-state index in [0.29, 0.717) is 31.3 Å². The van der Waals surface area contributed by atoms with Gasteiger partial charge in [-0.25, -0.2) is 0 Å². The molecule has 168 valence electrons. The molecule has 4 N–H and O–H groups in total. The fourth-order valence-electron chi connectivity index (χ4n) is 4.18. The van der Waals surface area contributed by atoms with Crippen LogP contribution in [-0.4, -0.2) is 82.7 Å². The van der Waals surface area contributed by atoms with Gasteiger partial charge in [-0.05, 0) is 42.9 Å². The van der Waals surface area contributed by atoms with Crippen molar-refractivity contribution in [2.45, 2.75) is 69.4 Å². The van der Waals surface area contributed by atoms with Gasteiger partial charge in [-0.2, -0.15) is 0 Å². The summed E-state index contributed by atoms with van der Waals surface area (Å²) in [6.45, 7) is 1.31. The second-order valence-corrected chi connectivity index (χ2v) is 8.16. The molecule has 2 fully saturated rings. The number of carbonyl (C=O) groups is 2. The highest BCUT2D eigenvalue weighted by Gasteiger charge is 2.44. The SMILES string of the molecule is C[C@@H]1C(=O)O[C@H]2/C=C(/CO[C@@H]3O[C@H](CO)[C@@H](O)[C@H](O)[C@@H]3O)CC/C=C(/C=O)CC[C@H]21. The summed E-state index contributed by atoms with van der Waals surface area (Å²) < 4.78 is 16.6. The van der Waals surface area contributed by atoms with Gasteiger partial charge in [0.25, 0.3) is 0 Å². The zero-order valence-electron chi connectivity index (χ0n) is 16.9. The number of aliphatic hydroxyl groups is 4. The van der Waals surface area contributed by atoms with Crippen LogP contribution in [0.5, 0.6) is 0 Å². The van der Waals surface area contributed by atoms with Crippen LogP contribution in [0.25, 0.3) is 0 Å². The van der Waals surface area contributed by atoms with Gasteiger partial charge < -0.3 is 34.6 Å². The lowest BCUT2D eigenvalue weighted by atomic mass is 9.84. The molecule has 0 saturated carbocycles. The number of esters is 1. The van der Waals surface area contributed by atoms with E-state index in [-0.39, 0.29) is 24.4 Å². The van der Waals surface area contributed by atoms with Crippen LogP contribution in [0, 0.1) is 11.8 Å². The van der Waals surface area contributed by atoms with E-state index in [4.69, 9.17) is 14.2 Å². The maximum atomic E-state index is 12.1. The van der Waals surface area contributed by atoms with E-state index in [0.717, 1.165) is 11.9 Å². The summed E-state index contributed by atoms with van der Waals surface area (Å²) in [5.41, 5.74) is 1.49. The Kier molecular flexibility index (Phi) is 7.78. The van der Waals surface area contributed by atoms with Gasteiger partial charge in [0, 0.05) is 5.92 Å². The van der Waals surface area contributed by atoms with Crippen molar-refractivity contribution in [2.24, 2.45) is 11.8 Å². The maximum absolute atomic E-state index is 12.1. The van der Waals surface area contributed by atoms with Crippen molar-refractivity contribution in [2.75, 3.05) is 13.2 Å². The fourth-order valence-corrected chi connectivity index (χ4v) is 4.18. The largest absolute Gasteiger partial charge is 0.458 e. The van der Waals surface area contributed by atoms with Crippen molar-refractivity contribution < 1.29 is 44.2 Å². The van der Waals surface area contributed by atoms with Gasteiger partial charge >= 0.3 is 5.97 Å². The van der Waals surface area contributed by atoms with Gasteiger partial charge in [0.05, 0.1) is 19.1 Å². The summed E-state index contributed by atoms with van der Waals surface area (Å²) in [5, 5.41) is 39.2. The summed E-state index contributed by atoms with van der Waals surface area (Å²) in [6.07, 6.45) is -0.209. The predicted octanol–water partition coefficient (Wildman–Crippen LogP) is -0.394. The topological polar surface area (TPSA) is 143 Å². The Morgan fingerprint density at radius 1 is 1.20 bits per heavy atom. The van der Waals surface area contributed by atoms with Crippen molar-refractivity contribution in [3.05, 3.63) is 23.3 Å². The molecule has 1 aliphatic carbocycles. The quantitative estimate of drug-likeness (QED) is 0.262. The molecule has 8 atom stereocenters. The molecule has 30 heavy (non-hydrogen) atoms. The van der Waals surface area contributed by atoms with Crippen molar-refractivity contribution in [3.8, 4) is 0 Å². The molecule has 0 unspecified atom stereocenters. The molecule has 0 radical (unpaired) electrons. The van der Waals surface area contributed by atoms with E-state index in [1.54, 1.807) is 0 Å². The van der Waals surface area contributed by atoms with E-state index in [1.165, 1.54) is 0 Å². The third-order valence-electron chi connectivity index (χ3n) is 6.16. The number of aldehydes is 1. The van der Waals surface area contributed by atoms with E-state index in [1.807, 2.05) is 19.1 Å². The van der Waals surface area contributed by atoms with E-state index < -0.39 is 43.4 Å². The molecule has 9 heteroatoms. The first kappa shape index (κ1) is 23.1. The van der Waals surface area contributed by atoms with Crippen LogP contribution >= 0.6 is 0 Å². The lowest BCUT2D eigenvalue weighted by Gasteiger charge is -2.39. The molecule has 0 amide bonds. The fraction of sp³-hybridized carbons (Fsp3) is 0.714. The average Bonchev–Trinajstić information content (AvgIpc) is 3.01. The van der Waals surface area contributed by atoms with Gasteiger partial charge in [-0.3, -0.25) is 9.59 Å². The normalized spacial score (nSPS) is 43.6. The standard InChI is InChI=1S/C21H30O9/c1-11-14-6-5-12(8-22)3-2-4-13(7-15(14)29-20(11)27)10-28-21-19(26)18(25)17(24)16(9-23)30-21/h3,7-8,11,14-19,21,23-26H,2,4-6,9-10H2,1H3/b12-3+,13-7+/t11-,14-,15-,16+,17+,18-,19-,21+/m0/s1. The van der Waals surface area contributed by atoms with Crippen LogP contribution < -0.4 is 0 Å². The zero-order valence-corrected chi connectivity index (χ0v) is 16.9. The first-order chi connectivity index (χ1) is 14.3. The summed E-state index contributed by atoms with van der Waals surface area (Å²) in [7, 11) is 0.